The highest BCUT2D eigenvalue weighted by Gasteiger charge is 2.33. The van der Waals surface area contributed by atoms with Gasteiger partial charge in [0.25, 0.3) is 0 Å². The van der Waals surface area contributed by atoms with E-state index in [1.54, 1.807) is 19.2 Å². The number of hydrogen-bond donors (Lipinski definition) is 0. The summed E-state index contributed by atoms with van der Waals surface area (Å²) in [5, 5.41) is 0.479. The van der Waals surface area contributed by atoms with E-state index in [1.165, 1.54) is 0 Å². The molecule has 6 heteroatoms. The highest BCUT2D eigenvalue weighted by Crippen LogP contribution is 2.32. The van der Waals surface area contributed by atoms with Gasteiger partial charge in [0.1, 0.15) is 5.56 Å². The van der Waals surface area contributed by atoms with E-state index in [0.29, 0.717) is 25.1 Å². The summed E-state index contributed by atoms with van der Waals surface area (Å²) in [7, 11) is 0. The van der Waals surface area contributed by atoms with Crippen LogP contribution in [0.3, 0.4) is 0 Å². The molecule has 3 rings (SSSR count). The van der Waals surface area contributed by atoms with Crippen molar-refractivity contribution in [1.29, 1.82) is 0 Å². The molecule has 0 spiro atoms. The second kappa shape index (κ2) is 6.37. The molecule has 6 nitrogen and oxygen atoms in total. The van der Waals surface area contributed by atoms with Crippen molar-refractivity contribution in [3.8, 4) is 0 Å². The molecule has 0 amide bonds. The Balaban J connectivity index is 2.18. The van der Waals surface area contributed by atoms with Gasteiger partial charge in [-0.3, -0.25) is 4.79 Å². The van der Waals surface area contributed by atoms with Gasteiger partial charge in [-0.15, -0.1) is 0 Å². The first-order valence-corrected chi connectivity index (χ1v) is 8.13. The normalized spacial score (nSPS) is 16.5. The Morgan fingerprint density at radius 3 is 2.62 bits per heavy atom. The Bertz CT molecular complexity index is 833. The molecule has 1 aliphatic rings. The third kappa shape index (κ3) is 2.72. The van der Waals surface area contributed by atoms with Gasteiger partial charge in [-0.2, -0.15) is 0 Å². The summed E-state index contributed by atoms with van der Waals surface area (Å²) in [6.07, 6.45) is 1.56. The van der Waals surface area contributed by atoms with Crippen LogP contribution in [-0.2, 0) is 26.5 Å². The molecule has 0 N–H and O–H groups in total. The molecule has 24 heavy (non-hydrogen) atoms. The van der Waals surface area contributed by atoms with Gasteiger partial charge in [0.2, 0.25) is 5.43 Å². The molecule has 128 valence electrons. The minimum atomic E-state index is -0.803. The molecule has 1 saturated heterocycles. The Labute approximate surface area is 139 Å². The standard InChI is InChI=1S/C18H21NO5/c1-4-19-11-14(17(21)22-5-2)16(20)13-7-6-12(10-15(13)19)18(3)23-8-9-24-18/h6-7,10-11H,4-5,8-9H2,1-3H3. The Morgan fingerprint density at radius 1 is 1.29 bits per heavy atom. The number of fused-ring (bicyclic) bond motifs is 1. The molecular weight excluding hydrogens is 310 g/mol. The largest absolute Gasteiger partial charge is 0.462 e. The highest BCUT2D eigenvalue weighted by molar-refractivity contribution is 5.93. The third-order valence-corrected chi connectivity index (χ3v) is 4.28. The maximum atomic E-state index is 12.6. The van der Waals surface area contributed by atoms with Crippen molar-refractivity contribution in [2.75, 3.05) is 19.8 Å². The molecular formula is C18H21NO5. The molecule has 1 aromatic carbocycles. The van der Waals surface area contributed by atoms with Crippen molar-refractivity contribution < 1.29 is 19.0 Å². The topological polar surface area (TPSA) is 66.8 Å². The van der Waals surface area contributed by atoms with Gasteiger partial charge >= 0.3 is 5.97 Å². The zero-order valence-corrected chi connectivity index (χ0v) is 14.1. The Kier molecular flexibility index (Phi) is 4.43. The number of nitrogens with zero attached hydrogens (tertiary/aromatic N) is 1. The lowest BCUT2D eigenvalue weighted by molar-refractivity contribution is -0.149. The average molecular weight is 331 g/mol. The van der Waals surface area contributed by atoms with Crippen molar-refractivity contribution in [2.45, 2.75) is 33.1 Å². The van der Waals surface area contributed by atoms with Crippen LogP contribution >= 0.6 is 0 Å². The first kappa shape index (κ1) is 16.7. The van der Waals surface area contributed by atoms with Gasteiger partial charge in [0, 0.05) is 23.7 Å². The summed E-state index contributed by atoms with van der Waals surface area (Å²) in [5.41, 5.74) is 1.32. The zero-order chi connectivity index (χ0) is 17.3. The van der Waals surface area contributed by atoms with Crippen molar-refractivity contribution >= 4 is 16.9 Å². The summed E-state index contributed by atoms with van der Waals surface area (Å²) in [4.78, 5) is 24.7. The van der Waals surface area contributed by atoms with E-state index in [2.05, 4.69) is 0 Å². The lowest BCUT2D eigenvalue weighted by atomic mass is 10.0. The van der Waals surface area contributed by atoms with E-state index >= 15 is 0 Å². The average Bonchev–Trinajstić information content (AvgIpc) is 3.03. The molecule has 0 radical (unpaired) electrons. The predicted molar refractivity (Wildman–Crippen MR) is 89.1 cm³/mol. The molecule has 0 unspecified atom stereocenters. The fraction of sp³-hybridized carbons (Fsp3) is 0.444. The molecule has 1 aromatic heterocycles. The fourth-order valence-corrected chi connectivity index (χ4v) is 2.97. The van der Waals surface area contributed by atoms with E-state index in [9.17, 15) is 9.59 Å². The summed E-state index contributed by atoms with van der Waals surface area (Å²) >= 11 is 0. The lowest BCUT2D eigenvalue weighted by Gasteiger charge is -2.23. The van der Waals surface area contributed by atoms with Crippen LogP contribution in [-0.4, -0.2) is 30.4 Å². The molecule has 2 heterocycles. The minimum Gasteiger partial charge on any atom is -0.462 e. The first-order chi connectivity index (χ1) is 11.5. The highest BCUT2D eigenvalue weighted by atomic mass is 16.7. The van der Waals surface area contributed by atoms with E-state index < -0.39 is 11.8 Å². The van der Waals surface area contributed by atoms with Crippen LogP contribution in [0.2, 0.25) is 0 Å². The number of aryl methyl sites for hydroxylation is 1. The molecule has 0 atom stereocenters. The van der Waals surface area contributed by atoms with Crippen molar-refractivity contribution in [3.63, 3.8) is 0 Å². The van der Waals surface area contributed by atoms with E-state index in [4.69, 9.17) is 14.2 Å². The second-order valence-corrected chi connectivity index (χ2v) is 5.75. The van der Waals surface area contributed by atoms with E-state index in [0.717, 1.165) is 11.1 Å². The maximum absolute atomic E-state index is 12.6. The second-order valence-electron chi connectivity index (χ2n) is 5.75. The molecule has 1 fully saturated rings. The third-order valence-electron chi connectivity index (χ3n) is 4.28. The molecule has 2 aromatic rings. The number of pyridine rings is 1. The van der Waals surface area contributed by atoms with Crippen LogP contribution in [0.4, 0.5) is 0 Å². The fourth-order valence-electron chi connectivity index (χ4n) is 2.97. The van der Waals surface area contributed by atoms with Gasteiger partial charge in [-0.25, -0.2) is 4.79 Å². The van der Waals surface area contributed by atoms with Crippen molar-refractivity contribution in [3.05, 3.63) is 45.7 Å². The Hall–Kier alpha value is -2.18. The quantitative estimate of drug-likeness (QED) is 0.805. The predicted octanol–water partition coefficient (Wildman–Crippen LogP) is 2.42. The maximum Gasteiger partial charge on any atom is 0.343 e. The summed E-state index contributed by atoms with van der Waals surface area (Å²) < 4.78 is 18.2. The van der Waals surface area contributed by atoms with Crippen LogP contribution in [0.15, 0.2) is 29.2 Å². The summed E-state index contributed by atoms with van der Waals surface area (Å²) in [6, 6.07) is 5.42. The Morgan fingerprint density at radius 2 is 2.00 bits per heavy atom. The smallest absolute Gasteiger partial charge is 0.343 e. The first-order valence-electron chi connectivity index (χ1n) is 8.13. The molecule has 1 aliphatic heterocycles. The SMILES string of the molecule is CCOC(=O)c1cn(CC)c2cc(C3(C)OCCO3)ccc2c1=O. The molecule has 0 aliphatic carbocycles. The van der Waals surface area contributed by atoms with Gasteiger partial charge in [-0.05, 0) is 32.9 Å². The van der Waals surface area contributed by atoms with Gasteiger partial charge in [0.15, 0.2) is 5.79 Å². The van der Waals surface area contributed by atoms with Gasteiger partial charge in [0.05, 0.1) is 25.3 Å². The summed E-state index contributed by atoms with van der Waals surface area (Å²) in [6.45, 7) is 7.46. The summed E-state index contributed by atoms with van der Waals surface area (Å²) in [5.74, 6) is -1.40. The van der Waals surface area contributed by atoms with Gasteiger partial charge < -0.3 is 18.8 Å². The number of esters is 1. The van der Waals surface area contributed by atoms with Crippen molar-refractivity contribution in [2.24, 2.45) is 0 Å². The van der Waals surface area contributed by atoms with Crippen molar-refractivity contribution in [1.82, 2.24) is 4.57 Å². The van der Waals surface area contributed by atoms with Crippen LogP contribution in [0.1, 0.15) is 36.7 Å². The van der Waals surface area contributed by atoms with Crippen LogP contribution < -0.4 is 5.43 Å². The van der Waals surface area contributed by atoms with Crippen LogP contribution in [0, 0.1) is 0 Å². The molecule has 0 bridgehead atoms. The van der Waals surface area contributed by atoms with Gasteiger partial charge in [-0.1, -0.05) is 6.07 Å². The van der Waals surface area contributed by atoms with Crippen LogP contribution in [0.5, 0.6) is 0 Å². The minimum absolute atomic E-state index is 0.0542. The number of ether oxygens (including phenoxy) is 3. The lowest BCUT2D eigenvalue weighted by Crippen LogP contribution is -2.24. The zero-order valence-electron chi connectivity index (χ0n) is 14.1. The number of aromatic nitrogens is 1. The van der Waals surface area contributed by atoms with E-state index in [-0.39, 0.29) is 17.6 Å². The number of hydrogen-bond acceptors (Lipinski definition) is 5. The van der Waals surface area contributed by atoms with Crippen LogP contribution in [0.25, 0.3) is 10.9 Å². The number of benzene rings is 1. The number of carbonyl (C=O) groups is 1. The van der Waals surface area contributed by atoms with E-state index in [1.807, 2.05) is 30.5 Å². The number of carbonyl (C=O) groups excluding carboxylic acids is 1. The molecule has 0 saturated carbocycles. The number of rotatable bonds is 4. The monoisotopic (exact) mass is 331 g/mol.